The highest BCUT2D eigenvalue weighted by Crippen LogP contribution is 2.27. The number of hydrogen-bond acceptors (Lipinski definition) is 6. The van der Waals surface area contributed by atoms with Crippen molar-refractivity contribution < 1.29 is 9.72 Å². The molecule has 0 unspecified atom stereocenters. The summed E-state index contributed by atoms with van der Waals surface area (Å²) in [5.74, 6) is -0.490. The lowest BCUT2D eigenvalue weighted by atomic mass is 10.1. The molecule has 0 saturated carbocycles. The number of para-hydroxylation sites is 1. The molecule has 10 nitrogen and oxygen atoms in total. The Hall–Kier alpha value is -4.60. The summed E-state index contributed by atoms with van der Waals surface area (Å²) in [6.45, 7) is 3.83. The maximum atomic E-state index is 12.4. The standard InChI is InChI=1S/C22H19N7O3/c1-14-21(15(2)28(27-14)17-8-4-3-5-9-17)19-12-20(25-24-19)22(30)26-23-13-16-7-6-10-18(11-16)29(31)32/h3-13H,1-2H3,(H,24,25)(H,26,30)/b23-13+. The first-order valence-electron chi connectivity index (χ1n) is 9.69. The first-order valence-corrected chi connectivity index (χ1v) is 9.69. The Bertz CT molecular complexity index is 1320. The zero-order valence-corrected chi connectivity index (χ0v) is 17.3. The summed E-state index contributed by atoms with van der Waals surface area (Å²) in [5, 5.41) is 26.3. The number of nitrogens with zero attached hydrogens (tertiary/aromatic N) is 5. The molecule has 0 radical (unpaired) electrons. The molecule has 1 amide bonds. The molecule has 0 atom stereocenters. The van der Waals surface area contributed by atoms with Crippen molar-refractivity contribution in [1.82, 2.24) is 25.4 Å². The highest BCUT2D eigenvalue weighted by atomic mass is 16.6. The van der Waals surface area contributed by atoms with Crippen LogP contribution in [0.15, 0.2) is 65.8 Å². The minimum atomic E-state index is -0.494. The van der Waals surface area contributed by atoms with Gasteiger partial charge in [0.1, 0.15) is 5.69 Å². The van der Waals surface area contributed by atoms with Crippen LogP contribution in [0.3, 0.4) is 0 Å². The summed E-state index contributed by atoms with van der Waals surface area (Å²) >= 11 is 0. The number of non-ortho nitro benzene ring substituents is 1. The Balaban J connectivity index is 1.51. The number of aryl methyl sites for hydroxylation is 1. The first kappa shape index (κ1) is 20.7. The van der Waals surface area contributed by atoms with E-state index in [0.29, 0.717) is 11.3 Å². The molecule has 0 spiro atoms. The van der Waals surface area contributed by atoms with Crippen molar-refractivity contribution in [1.29, 1.82) is 0 Å². The lowest BCUT2D eigenvalue weighted by Gasteiger charge is -2.04. The number of rotatable bonds is 6. The average Bonchev–Trinajstić information content (AvgIpc) is 3.38. The molecule has 10 heteroatoms. The Morgan fingerprint density at radius 2 is 1.94 bits per heavy atom. The molecule has 0 aliphatic heterocycles. The summed E-state index contributed by atoms with van der Waals surface area (Å²) in [4.78, 5) is 22.8. The summed E-state index contributed by atoms with van der Waals surface area (Å²) in [6.07, 6.45) is 1.33. The van der Waals surface area contributed by atoms with Gasteiger partial charge in [-0.3, -0.25) is 20.0 Å². The van der Waals surface area contributed by atoms with Gasteiger partial charge in [0.15, 0.2) is 0 Å². The summed E-state index contributed by atoms with van der Waals surface area (Å²) < 4.78 is 1.84. The monoisotopic (exact) mass is 429 g/mol. The number of benzene rings is 2. The molecule has 0 saturated heterocycles. The van der Waals surface area contributed by atoms with E-state index < -0.39 is 10.8 Å². The van der Waals surface area contributed by atoms with Gasteiger partial charge in [0.2, 0.25) is 0 Å². The number of nitrogens with one attached hydrogen (secondary N) is 2. The fourth-order valence-corrected chi connectivity index (χ4v) is 3.34. The molecule has 32 heavy (non-hydrogen) atoms. The van der Waals surface area contributed by atoms with Crippen molar-refractivity contribution in [2.75, 3.05) is 0 Å². The van der Waals surface area contributed by atoms with Crippen LogP contribution in [0.5, 0.6) is 0 Å². The first-order chi connectivity index (χ1) is 15.4. The molecule has 2 aromatic heterocycles. The van der Waals surface area contributed by atoms with Crippen LogP contribution in [0, 0.1) is 24.0 Å². The number of aromatic amines is 1. The Kier molecular flexibility index (Phi) is 5.58. The third-order valence-electron chi connectivity index (χ3n) is 4.83. The van der Waals surface area contributed by atoms with Crippen LogP contribution in [0.2, 0.25) is 0 Å². The van der Waals surface area contributed by atoms with Crippen LogP contribution in [-0.2, 0) is 0 Å². The highest BCUT2D eigenvalue weighted by molar-refractivity contribution is 5.94. The molecular formula is C22H19N7O3. The van der Waals surface area contributed by atoms with Crippen LogP contribution in [0.4, 0.5) is 5.69 Å². The van der Waals surface area contributed by atoms with Gasteiger partial charge in [-0.05, 0) is 32.0 Å². The third kappa shape index (κ3) is 4.15. The van der Waals surface area contributed by atoms with Gasteiger partial charge in [0, 0.05) is 23.3 Å². The van der Waals surface area contributed by atoms with Crippen molar-refractivity contribution in [2.45, 2.75) is 13.8 Å². The topological polar surface area (TPSA) is 131 Å². The van der Waals surface area contributed by atoms with Crippen LogP contribution in [0.1, 0.15) is 27.4 Å². The molecule has 4 aromatic rings. The van der Waals surface area contributed by atoms with Gasteiger partial charge in [-0.25, -0.2) is 10.1 Å². The van der Waals surface area contributed by atoms with Gasteiger partial charge in [0.05, 0.1) is 33.9 Å². The number of nitro benzene ring substituents is 1. The maximum Gasteiger partial charge on any atom is 0.289 e. The zero-order valence-electron chi connectivity index (χ0n) is 17.3. The summed E-state index contributed by atoms with van der Waals surface area (Å²) in [7, 11) is 0. The molecule has 2 N–H and O–H groups in total. The number of aromatic nitrogens is 4. The SMILES string of the molecule is Cc1nn(-c2ccccc2)c(C)c1-c1cc(C(=O)N/N=C/c2cccc([N+](=O)[O-])c2)[nH]n1. The number of H-pyrrole nitrogens is 1. The van der Waals surface area contributed by atoms with E-state index in [-0.39, 0.29) is 11.4 Å². The van der Waals surface area contributed by atoms with Crippen molar-refractivity contribution >= 4 is 17.8 Å². The van der Waals surface area contributed by atoms with Gasteiger partial charge >= 0.3 is 0 Å². The van der Waals surface area contributed by atoms with Crippen LogP contribution in [-0.4, -0.2) is 37.0 Å². The lowest BCUT2D eigenvalue weighted by molar-refractivity contribution is -0.384. The second-order valence-corrected chi connectivity index (χ2v) is 7.01. The number of hydrazone groups is 1. The van der Waals surface area contributed by atoms with Crippen LogP contribution >= 0.6 is 0 Å². The normalized spacial score (nSPS) is 11.1. The Labute approximate surface area is 182 Å². The van der Waals surface area contributed by atoms with E-state index in [1.54, 1.807) is 18.2 Å². The molecule has 2 aromatic carbocycles. The molecular weight excluding hydrogens is 410 g/mol. The Morgan fingerprint density at radius 3 is 2.69 bits per heavy atom. The van der Waals surface area contributed by atoms with Crippen LogP contribution in [0.25, 0.3) is 16.9 Å². The van der Waals surface area contributed by atoms with E-state index in [0.717, 1.165) is 22.6 Å². The molecule has 0 aliphatic rings. The van der Waals surface area contributed by atoms with Crippen molar-refractivity contribution in [2.24, 2.45) is 5.10 Å². The maximum absolute atomic E-state index is 12.4. The molecule has 0 aliphatic carbocycles. The fourth-order valence-electron chi connectivity index (χ4n) is 3.34. The average molecular weight is 429 g/mol. The number of amides is 1. The van der Waals surface area contributed by atoms with E-state index in [2.05, 4.69) is 25.8 Å². The molecule has 4 rings (SSSR count). The van der Waals surface area contributed by atoms with Gasteiger partial charge in [-0.1, -0.05) is 30.3 Å². The highest BCUT2D eigenvalue weighted by Gasteiger charge is 2.18. The second kappa shape index (κ2) is 8.64. The molecule has 160 valence electrons. The van der Waals surface area contributed by atoms with E-state index in [4.69, 9.17) is 0 Å². The molecule has 2 heterocycles. The smallest absolute Gasteiger partial charge is 0.272 e. The fraction of sp³-hybridized carbons (Fsp3) is 0.0909. The van der Waals surface area contributed by atoms with E-state index in [1.165, 1.54) is 18.3 Å². The predicted octanol–water partition coefficient (Wildman–Crippen LogP) is 3.55. The van der Waals surface area contributed by atoms with Crippen LogP contribution < -0.4 is 5.43 Å². The van der Waals surface area contributed by atoms with E-state index in [9.17, 15) is 14.9 Å². The van der Waals surface area contributed by atoms with Gasteiger partial charge < -0.3 is 0 Å². The Morgan fingerprint density at radius 1 is 1.16 bits per heavy atom. The van der Waals surface area contributed by atoms with Gasteiger partial charge in [-0.2, -0.15) is 15.3 Å². The van der Waals surface area contributed by atoms with Crippen molar-refractivity contribution in [3.05, 3.63) is 93.4 Å². The number of carbonyl (C=O) groups excluding carboxylic acids is 1. The largest absolute Gasteiger partial charge is 0.289 e. The van der Waals surface area contributed by atoms with Gasteiger partial charge in [0.25, 0.3) is 11.6 Å². The predicted molar refractivity (Wildman–Crippen MR) is 119 cm³/mol. The number of hydrogen-bond donors (Lipinski definition) is 2. The van der Waals surface area contributed by atoms with E-state index >= 15 is 0 Å². The van der Waals surface area contributed by atoms with Gasteiger partial charge in [-0.15, -0.1) is 0 Å². The third-order valence-corrected chi connectivity index (χ3v) is 4.83. The molecule has 0 bridgehead atoms. The van der Waals surface area contributed by atoms with Crippen molar-refractivity contribution in [3.63, 3.8) is 0 Å². The summed E-state index contributed by atoms with van der Waals surface area (Å²) in [5.41, 5.74) is 7.10. The lowest BCUT2D eigenvalue weighted by Crippen LogP contribution is -2.18. The molecule has 0 fully saturated rings. The quantitative estimate of drug-likeness (QED) is 0.275. The van der Waals surface area contributed by atoms with Crippen molar-refractivity contribution in [3.8, 4) is 16.9 Å². The number of nitro groups is 1. The zero-order chi connectivity index (χ0) is 22.7. The summed E-state index contributed by atoms with van der Waals surface area (Å²) in [6, 6.07) is 17.3. The van der Waals surface area contributed by atoms with E-state index in [1.807, 2.05) is 48.9 Å². The minimum Gasteiger partial charge on any atom is -0.272 e. The number of carbonyl (C=O) groups is 1. The minimum absolute atomic E-state index is 0.0553. The second-order valence-electron chi connectivity index (χ2n) is 7.01.